The van der Waals surface area contributed by atoms with Gasteiger partial charge in [0.1, 0.15) is 5.69 Å². The Morgan fingerprint density at radius 3 is 3.00 bits per heavy atom. The molecule has 0 radical (unpaired) electrons. The van der Waals surface area contributed by atoms with Crippen molar-refractivity contribution in [3.8, 4) is 22.8 Å². The number of hydrogen-bond donors (Lipinski definition) is 2. The first-order valence-corrected chi connectivity index (χ1v) is 7.95. The van der Waals surface area contributed by atoms with Crippen LogP contribution in [-0.4, -0.2) is 39.0 Å². The molecule has 4 rings (SSSR count). The second-order valence-electron chi connectivity index (χ2n) is 5.60. The summed E-state index contributed by atoms with van der Waals surface area (Å²) >= 11 is 0. The monoisotopic (exact) mass is 353 g/mol. The number of nitrogens with zero attached hydrogens (tertiary/aromatic N) is 3. The largest absolute Gasteiger partial charge is 0.454 e. The number of benzene rings is 1. The highest BCUT2D eigenvalue weighted by Crippen LogP contribution is 2.35. The predicted octanol–water partition coefficient (Wildman–Crippen LogP) is 0.792. The van der Waals surface area contributed by atoms with Crippen molar-refractivity contribution in [2.24, 2.45) is 0 Å². The van der Waals surface area contributed by atoms with Gasteiger partial charge in [-0.15, -0.1) is 0 Å². The number of nitrogens with one attached hydrogen (secondary N) is 2. The first-order chi connectivity index (χ1) is 12.7. The van der Waals surface area contributed by atoms with E-state index < -0.39 is 0 Å². The SMILES string of the molecule is O=C(NCCn1cnccc1=O)c1cc(-c2ccc3c(c2)OCO3)n[nH]1. The Labute approximate surface area is 147 Å². The maximum absolute atomic E-state index is 12.2. The highest BCUT2D eigenvalue weighted by Gasteiger charge is 2.16. The molecule has 132 valence electrons. The van der Waals surface area contributed by atoms with E-state index in [1.54, 1.807) is 12.1 Å². The molecule has 2 N–H and O–H groups in total. The maximum Gasteiger partial charge on any atom is 0.269 e. The lowest BCUT2D eigenvalue weighted by Crippen LogP contribution is -2.30. The van der Waals surface area contributed by atoms with Crippen LogP contribution in [0.25, 0.3) is 11.3 Å². The van der Waals surface area contributed by atoms with E-state index >= 15 is 0 Å². The van der Waals surface area contributed by atoms with Crippen LogP contribution in [-0.2, 0) is 6.54 Å². The number of aromatic amines is 1. The fourth-order valence-corrected chi connectivity index (χ4v) is 2.57. The lowest BCUT2D eigenvalue weighted by Gasteiger charge is -2.05. The zero-order chi connectivity index (χ0) is 17.9. The normalized spacial score (nSPS) is 12.2. The number of rotatable bonds is 5. The molecule has 9 nitrogen and oxygen atoms in total. The van der Waals surface area contributed by atoms with Gasteiger partial charge >= 0.3 is 0 Å². The van der Waals surface area contributed by atoms with Gasteiger partial charge in [-0.1, -0.05) is 0 Å². The van der Waals surface area contributed by atoms with Crippen molar-refractivity contribution in [3.63, 3.8) is 0 Å². The van der Waals surface area contributed by atoms with Crippen LogP contribution in [0.1, 0.15) is 10.5 Å². The lowest BCUT2D eigenvalue weighted by molar-refractivity contribution is 0.0947. The number of H-pyrrole nitrogens is 1. The first kappa shape index (κ1) is 15.9. The summed E-state index contributed by atoms with van der Waals surface area (Å²) in [5, 5.41) is 9.62. The fourth-order valence-electron chi connectivity index (χ4n) is 2.57. The fraction of sp³-hybridized carbons (Fsp3) is 0.176. The first-order valence-electron chi connectivity index (χ1n) is 7.95. The van der Waals surface area contributed by atoms with Gasteiger partial charge in [0.15, 0.2) is 11.5 Å². The molecule has 3 aromatic rings. The number of hydrogen-bond acceptors (Lipinski definition) is 6. The molecule has 1 aromatic carbocycles. The van der Waals surface area contributed by atoms with Gasteiger partial charge in [-0.3, -0.25) is 19.3 Å². The minimum atomic E-state index is -0.304. The quantitative estimate of drug-likeness (QED) is 0.702. The van der Waals surface area contributed by atoms with Gasteiger partial charge in [0, 0.05) is 30.9 Å². The van der Waals surface area contributed by atoms with Crippen molar-refractivity contribution < 1.29 is 14.3 Å². The zero-order valence-corrected chi connectivity index (χ0v) is 13.6. The third-order valence-electron chi connectivity index (χ3n) is 3.92. The van der Waals surface area contributed by atoms with Gasteiger partial charge in [-0.2, -0.15) is 5.10 Å². The standard InChI is InChI=1S/C17H15N5O4/c23-16-3-4-18-9-22(16)6-5-19-17(24)13-8-12(20-21-13)11-1-2-14-15(7-11)26-10-25-14/h1-4,7-9H,5-6,10H2,(H,19,24)(H,20,21). The summed E-state index contributed by atoms with van der Waals surface area (Å²) in [5.74, 6) is 1.03. The number of fused-ring (bicyclic) bond motifs is 1. The van der Waals surface area contributed by atoms with Crippen LogP contribution in [0.5, 0.6) is 11.5 Å². The molecule has 1 aliphatic heterocycles. The zero-order valence-electron chi connectivity index (χ0n) is 13.6. The van der Waals surface area contributed by atoms with Crippen LogP contribution in [0.2, 0.25) is 0 Å². The summed E-state index contributed by atoms with van der Waals surface area (Å²) in [6, 6.07) is 8.49. The minimum absolute atomic E-state index is 0.166. The molecule has 0 saturated heterocycles. The average Bonchev–Trinajstić information content (AvgIpc) is 3.32. The van der Waals surface area contributed by atoms with Crippen molar-refractivity contribution in [1.29, 1.82) is 0 Å². The van der Waals surface area contributed by atoms with Gasteiger partial charge in [-0.25, -0.2) is 4.98 Å². The van der Waals surface area contributed by atoms with E-state index in [1.165, 1.54) is 23.2 Å². The predicted molar refractivity (Wildman–Crippen MR) is 91.0 cm³/mol. The molecule has 0 atom stereocenters. The number of carbonyl (C=O) groups is 1. The van der Waals surface area contributed by atoms with Gasteiger partial charge in [0.2, 0.25) is 6.79 Å². The Morgan fingerprint density at radius 1 is 1.23 bits per heavy atom. The van der Waals surface area contributed by atoms with Crippen molar-refractivity contribution in [1.82, 2.24) is 25.1 Å². The summed E-state index contributed by atoms with van der Waals surface area (Å²) in [6.45, 7) is 0.831. The Morgan fingerprint density at radius 2 is 2.12 bits per heavy atom. The molecular weight excluding hydrogens is 338 g/mol. The summed E-state index contributed by atoms with van der Waals surface area (Å²) in [7, 11) is 0. The van der Waals surface area contributed by atoms with E-state index in [2.05, 4.69) is 20.5 Å². The molecule has 1 aliphatic rings. The second-order valence-corrected chi connectivity index (χ2v) is 5.60. The molecule has 0 spiro atoms. The smallest absolute Gasteiger partial charge is 0.269 e. The Kier molecular flexibility index (Phi) is 4.10. The van der Waals surface area contributed by atoms with Crippen molar-refractivity contribution in [2.45, 2.75) is 6.54 Å². The van der Waals surface area contributed by atoms with Crippen LogP contribution in [0, 0.1) is 0 Å². The highest BCUT2D eigenvalue weighted by molar-refractivity contribution is 5.93. The molecular formula is C17H15N5O4. The molecule has 1 amide bonds. The molecule has 2 aromatic heterocycles. The van der Waals surface area contributed by atoms with Crippen LogP contribution in [0.4, 0.5) is 0 Å². The Hall–Kier alpha value is -3.62. The Balaban J connectivity index is 1.40. The molecule has 0 aliphatic carbocycles. The van der Waals surface area contributed by atoms with Crippen molar-refractivity contribution in [3.05, 3.63) is 58.9 Å². The van der Waals surface area contributed by atoms with Gasteiger partial charge in [0.05, 0.1) is 12.0 Å². The number of ether oxygens (including phenoxy) is 2. The summed E-state index contributed by atoms with van der Waals surface area (Å²) in [6.07, 6.45) is 2.86. The lowest BCUT2D eigenvalue weighted by atomic mass is 10.1. The van der Waals surface area contributed by atoms with Crippen molar-refractivity contribution >= 4 is 5.91 Å². The summed E-state index contributed by atoms with van der Waals surface area (Å²) < 4.78 is 12.0. The summed E-state index contributed by atoms with van der Waals surface area (Å²) in [5.41, 5.74) is 1.60. The third-order valence-corrected chi connectivity index (χ3v) is 3.92. The second kappa shape index (κ2) is 6.71. The molecule has 26 heavy (non-hydrogen) atoms. The van der Waals surface area contributed by atoms with E-state index in [0.717, 1.165) is 5.56 Å². The van der Waals surface area contributed by atoms with Gasteiger partial charge in [-0.05, 0) is 24.3 Å². The van der Waals surface area contributed by atoms with Crippen LogP contribution in [0.15, 0.2) is 47.7 Å². The molecule has 3 heterocycles. The maximum atomic E-state index is 12.2. The molecule has 0 fully saturated rings. The van der Waals surface area contributed by atoms with Crippen molar-refractivity contribution in [2.75, 3.05) is 13.3 Å². The summed E-state index contributed by atoms with van der Waals surface area (Å²) in [4.78, 5) is 27.7. The van der Waals surface area contributed by atoms with E-state index in [1.807, 2.05) is 12.1 Å². The van der Waals surface area contributed by atoms with Gasteiger partial charge < -0.3 is 14.8 Å². The number of aromatic nitrogens is 4. The number of carbonyl (C=O) groups excluding carboxylic acids is 1. The van der Waals surface area contributed by atoms with Gasteiger partial charge in [0.25, 0.3) is 11.5 Å². The minimum Gasteiger partial charge on any atom is -0.454 e. The molecule has 0 saturated carbocycles. The third kappa shape index (κ3) is 3.14. The number of amides is 1. The van der Waals surface area contributed by atoms with E-state index in [4.69, 9.17) is 9.47 Å². The molecule has 9 heteroatoms. The van der Waals surface area contributed by atoms with Crippen LogP contribution >= 0.6 is 0 Å². The van der Waals surface area contributed by atoms with Crippen LogP contribution in [0.3, 0.4) is 0 Å². The average molecular weight is 353 g/mol. The highest BCUT2D eigenvalue weighted by atomic mass is 16.7. The topological polar surface area (TPSA) is 111 Å². The molecule has 0 unspecified atom stereocenters. The van der Waals surface area contributed by atoms with Crippen LogP contribution < -0.4 is 20.3 Å². The molecule has 0 bridgehead atoms. The Bertz CT molecular complexity index is 1010. The van der Waals surface area contributed by atoms with E-state index in [-0.39, 0.29) is 18.3 Å². The van der Waals surface area contributed by atoms with E-state index in [0.29, 0.717) is 36.0 Å². The van der Waals surface area contributed by atoms with E-state index in [9.17, 15) is 9.59 Å².